The lowest BCUT2D eigenvalue weighted by atomic mass is 9.85. The first kappa shape index (κ1) is 25.1. The van der Waals surface area contributed by atoms with Gasteiger partial charge in [0, 0.05) is 35.8 Å². The second-order valence-electron chi connectivity index (χ2n) is 8.23. The van der Waals surface area contributed by atoms with E-state index in [1.165, 1.54) is 0 Å². The fourth-order valence-electron chi connectivity index (χ4n) is 4.15. The smallest absolute Gasteiger partial charge is 0.369 e. The Balaban J connectivity index is 1.91. The van der Waals surface area contributed by atoms with E-state index in [0.29, 0.717) is 5.71 Å². The van der Waals surface area contributed by atoms with Crippen molar-refractivity contribution in [2.75, 3.05) is 0 Å². The molecule has 0 saturated carbocycles. The molecule has 0 unspecified atom stereocenters. The Morgan fingerprint density at radius 1 is 1.09 bits per heavy atom. The summed E-state index contributed by atoms with van der Waals surface area (Å²) in [6.45, 7) is 1.58. The van der Waals surface area contributed by atoms with Crippen molar-refractivity contribution in [3.63, 3.8) is 0 Å². The van der Waals surface area contributed by atoms with Crippen LogP contribution >= 0.6 is 0 Å². The van der Waals surface area contributed by atoms with E-state index in [-0.39, 0.29) is 18.6 Å². The van der Waals surface area contributed by atoms with Crippen molar-refractivity contribution in [1.82, 2.24) is 5.32 Å². The molecule has 0 radical (unpaired) electrons. The number of nitrogens with two attached hydrogens (primary N) is 1. The third-order valence-corrected chi connectivity index (χ3v) is 5.89. The molecule has 0 aromatic heterocycles. The molecule has 9 heteroatoms. The number of hydrogen-bond donors (Lipinski definition) is 2. The van der Waals surface area contributed by atoms with Gasteiger partial charge in [0.1, 0.15) is 0 Å². The summed E-state index contributed by atoms with van der Waals surface area (Å²) in [4.78, 5) is 42.5. The highest BCUT2D eigenvalue weighted by atomic mass is 19.4. The molecular weight excluding hydrogens is 447 g/mol. The molecule has 2 aromatic rings. The van der Waals surface area contributed by atoms with Crippen LogP contribution in [-0.2, 0) is 20.8 Å². The SMILES string of the molecule is CC[C@@H](C(=O)N[C@H]1N=C(c2ccccc2)c2ccccc2CC1=O)[C@H](CCC(F)(F)F)C(N)=O. The van der Waals surface area contributed by atoms with Crippen LogP contribution in [0.3, 0.4) is 0 Å². The molecule has 6 nitrogen and oxygen atoms in total. The quantitative estimate of drug-likeness (QED) is 0.613. The standard InChI is InChI=1S/C25H26F3N3O3/c1-2-17(19(22(29)33)12-13-25(26,27)28)24(34)31-23-20(32)14-16-10-6-7-11-18(16)21(30-23)15-8-4-3-5-9-15/h3-11,17,19,23H,2,12-14H2,1H3,(H2,29,33)(H,31,34)/t17-,19+,23-/m1/s1. The minimum absolute atomic E-state index is 0.0189. The lowest BCUT2D eigenvalue weighted by Gasteiger charge is -2.25. The van der Waals surface area contributed by atoms with E-state index in [1.807, 2.05) is 48.5 Å². The summed E-state index contributed by atoms with van der Waals surface area (Å²) in [5.74, 6) is -4.52. The normalized spacial score (nSPS) is 17.7. The maximum Gasteiger partial charge on any atom is 0.389 e. The van der Waals surface area contributed by atoms with Gasteiger partial charge in [-0.2, -0.15) is 13.2 Å². The van der Waals surface area contributed by atoms with Crippen LogP contribution in [-0.4, -0.2) is 35.7 Å². The lowest BCUT2D eigenvalue weighted by molar-refractivity contribution is -0.145. The Morgan fingerprint density at radius 2 is 1.74 bits per heavy atom. The van der Waals surface area contributed by atoms with E-state index in [4.69, 9.17) is 5.73 Å². The van der Waals surface area contributed by atoms with Crippen LogP contribution in [0.4, 0.5) is 13.2 Å². The fourth-order valence-corrected chi connectivity index (χ4v) is 4.15. The van der Waals surface area contributed by atoms with Crippen molar-refractivity contribution in [2.45, 2.75) is 44.9 Å². The van der Waals surface area contributed by atoms with Gasteiger partial charge in [-0.25, -0.2) is 0 Å². The second kappa shape index (κ2) is 10.6. The van der Waals surface area contributed by atoms with E-state index in [2.05, 4.69) is 10.3 Å². The zero-order valence-corrected chi connectivity index (χ0v) is 18.6. The summed E-state index contributed by atoms with van der Waals surface area (Å²) in [5, 5.41) is 2.56. The summed E-state index contributed by atoms with van der Waals surface area (Å²) in [6, 6.07) is 16.4. The molecule has 3 N–H and O–H groups in total. The third kappa shape index (κ3) is 6.09. The van der Waals surface area contributed by atoms with Crippen LogP contribution in [0.1, 0.15) is 42.9 Å². The van der Waals surface area contributed by atoms with Gasteiger partial charge in [-0.15, -0.1) is 0 Å². The Kier molecular flexibility index (Phi) is 7.86. The minimum Gasteiger partial charge on any atom is -0.369 e. The first-order chi connectivity index (χ1) is 16.1. The summed E-state index contributed by atoms with van der Waals surface area (Å²) >= 11 is 0. The zero-order chi connectivity index (χ0) is 24.9. The van der Waals surface area contributed by atoms with Crippen molar-refractivity contribution >= 4 is 23.3 Å². The van der Waals surface area contributed by atoms with Gasteiger partial charge >= 0.3 is 6.18 Å². The topological polar surface area (TPSA) is 102 Å². The van der Waals surface area contributed by atoms with Crippen LogP contribution in [0.15, 0.2) is 59.6 Å². The van der Waals surface area contributed by atoms with Crippen molar-refractivity contribution in [3.05, 3.63) is 71.3 Å². The molecule has 0 aliphatic carbocycles. The summed E-state index contributed by atoms with van der Waals surface area (Å²) in [6.07, 6.45) is -7.48. The Bertz CT molecular complexity index is 1080. The van der Waals surface area contributed by atoms with Crippen molar-refractivity contribution in [2.24, 2.45) is 22.6 Å². The summed E-state index contributed by atoms with van der Waals surface area (Å²) < 4.78 is 38.2. The molecule has 1 aliphatic heterocycles. The van der Waals surface area contributed by atoms with Gasteiger partial charge < -0.3 is 11.1 Å². The Labute approximate surface area is 195 Å². The van der Waals surface area contributed by atoms with E-state index in [0.717, 1.165) is 16.7 Å². The first-order valence-corrected chi connectivity index (χ1v) is 11.0. The van der Waals surface area contributed by atoms with Crippen LogP contribution in [0.5, 0.6) is 0 Å². The van der Waals surface area contributed by atoms with Gasteiger partial charge in [0.15, 0.2) is 11.9 Å². The number of nitrogens with zero attached hydrogens (tertiary/aromatic N) is 1. The molecule has 0 bridgehead atoms. The second-order valence-corrected chi connectivity index (χ2v) is 8.23. The number of primary amides is 1. The van der Waals surface area contributed by atoms with Crippen LogP contribution in [0.2, 0.25) is 0 Å². The minimum atomic E-state index is -4.49. The molecule has 3 rings (SSSR count). The highest BCUT2D eigenvalue weighted by molar-refractivity contribution is 6.16. The Hall–Kier alpha value is -3.49. The highest BCUT2D eigenvalue weighted by Gasteiger charge is 2.37. The van der Waals surface area contributed by atoms with Gasteiger partial charge in [0.05, 0.1) is 5.71 Å². The number of nitrogens with one attached hydrogen (secondary N) is 1. The number of aliphatic imine (C=N–C) groups is 1. The molecular formula is C25H26F3N3O3. The maximum atomic E-state index is 13.1. The molecule has 2 amide bonds. The average Bonchev–Trinajstić information content (AvgIpc) is 2.92. The van der Waals surface area contributed by atoms with Gasteiger partial charge in [-0.1, -0.05) is 61.5 Å². The monoisotopic (exact) mass is 473 g/mol. The number of Topliss-reactive ketones (excluding diaryl/α,β-unsaturated/α-hetero) is 1. The molecule has 180 valence electrons. The van der Waals surface area contributed by atoms with Crippen LogP contribution < -0.4 is 11.1 Å². The van der Waals surface area contributed by atoms with Gasteiger partial charge in [0.2, 0.25) is 11.8 Å². The van der Waals surface area contributed by atoms with E-state index >= 15 is 0 Å². The van der Waals surface area contributed by atoms with E-state index < -0.39 is 48.8 Å². The van der Waals surface area contributed by atoms with Crippen LogP contribution in [0, 0.1) is 11.8 Å². The van der Waals surface area contributed by atoms with Crippen molar-refractivity contribution in [3.8, 4) is 0 Å². The van der Waals surface area contributed by atoms with Gasteiger partial charge in [0.25, 0.3) is 0 Å². The molecule has 3 atom stereocenters. The molecule has 1 aliphatic rings. The predicted octanol–water partition coefficient (Wildman–Crippen LogP) is 3.56. The molecule has 0 spiro atoms. The largest absolute Gasteiger partial charge is 0.389 e. The first-order valence-electron chi connectivity index (χ1n) is 11.0. The number of hydrogen-bond acceptors (Lipinski definition) is 4. The van der Waals surface area contributed by atoms with Gasteiger partial charge in [-0.3, -0.25) is 19.4 Å². The number of fused-ring (bicyclic) bond motifs is 1. The highest BCUT2D eigenvalue weighted by Crippen LogP contribution is 2.29. The van der Waals surface area contributed by atoms with E-state index in [9.17, 15) is 27.6 Å². The number of carbonyl (C=O) groups excluding carboxylic acids is 3. The number of ketones is 1. The fraction of sp³-hybridized carbons (Fsp3) is 0.360. The Morgan fingerprint density at radius 3 is 2.35 bits per heavy atom. The molecule has 1 heterocycles. The number of carbonyl (C=O) groups is 3. The predicted molar refractivity (Wildman–Crippen MR) is 121 cm³/mol. The molecule has 0 saturated heterocycles. The summed E-state index contributed by atoms with van der Waals surface area (Å²) in [7, 11) is 0. The number of amides is 2. The van der Waals surface area contributed by atoms with E-state index in [1.54, 1.807) is 13.0 Å². The number of halogens is 3. The third-order valence-electron chi connectivity index (χ3n) is 5.89. The number of benzene rings is 2. The van der Waals surface area contributed by atoms with Gasteiger partial charge in [-0.05, 0) is 18.4 Å². The average molecular weight is 473 g/mol. The number of alkyl halides is 3. The molecule has 34 heavy (non-hydrogen) atoms. The van der Waals surface area contributed by atoms with Crippen molar-refractivity contribution < 1.29 is 27.6 Å². The lowest BCUT2D eigenvalue weighted by Crippen LogP contribution is -2.46. The zero-order valence-electron chi connectivity index (χ0n) is 18.6. The summed E-state index contributed by atoms with van der Waals surface area (Å²) in [5.41, 5.74) is 8.11. The maximum absolute atomic E-state index is 13.1. The van der Waals surface area contributed by atoms with Crippen molar-refractivity contribution in [1.29, 1.82) is 0 Å². The number of rotatable bonds is 8. The van der Waals surface area contributed by atoms with Crippen LogP contribution in [0.25, 0.3) is 0 Å². The molecule has 2 aromatic carbocycles. The molecule has 0 fully saturated rings.